The van der Waals surface area contributed by atoms with Crippen molar-refractivity contribution in [3.05, 3.63) is 214 Å². The summed E-state index contributed by atoms with van der Waals surface area (Å²) in [7, 11) is 0. The van der Waals surface area contributed by atoms with Gasteiger partial charge in [-0.2, -0.15) is 0 Å². The minimum absolute atomic E-state index is 0.293. The van der Waals surface area contributed by atoms with Crippen molar-refractivity contribution in [3.8, 4) is 56.4 Å². The van der Waals surface area contributed by atoms with Crippen molar-refractivity contribution in [3.63, 3.8) is 0 Å². The smallest absolute Gasteiger partial charge is 0.140 e. The lowest BCUT2D eigenvalue weighted by Gasteiger charge is -2.12. The lowest BCUT2D eigenvalue weighted by Crippen LogP contribution is -2.03. The third-order valence-corrected chi connectivity index (χ3v) is 11.7. The van der Waals surface area contributed by atoms with Gasteiger partial charge in [-0.25, -0.2) is 4.98 Å². The first-order chi connectivity index (χ1) is 32.0. The first kappa shape index (κ1) is 40.5. The minimum atomic E-state index is 0.293. The minimum Gasteiger partial charge on any atom is -0.292 e. The molecule has 0 aliphatic carbocycles. The van der Waals surface area contributed by atoms with Crippen LogP contribution >= 0.6 is 0 Å². The Morgan fingerprint density at radius 3 is 1.42 bits per heavy atom. The highest BCUT2D eigenvalue weighted by Crippen LogP contribution is 2.39. The van der Waals surface area contributed by atoms with Crippen LogP contribution in [0.1, 0.15) is 13.8 Å². The second-order valence-corrected chi connectivity index (χ2v) is 15.7. The molecule has 8 nitrogen and oxygen atoms in total. The zero-order chi connectivity index (χ0) is 44.3. The van der Waals surface area contributed by atoms with Gasteiger partial charge in [-0.3, -0.25) is 34.1 Å². The Bertz CT molecular complexity index is 3350. The number of allylic oxidation sites excluding steroid dienone is 1. The van der Waals surface area contributed by atoms with E-state index >= 15 is 0 Å². The molecule has 1 unspecified atom stereocenters. The van der Waals surface area contributed by atoms with Crippen LogP contribution in [0.4, 0.5) is 0 Å². The lowest BCUT2D eigenvalue weighted by atomic mass is 9.96. The molecule has 0 amide bonds. The molecule has 7 aromatic heterocycles. The van der Waals surface area contributed by atoms with E-state index in [-0.39, 0.29) is 0 Å². The highest BCUT2D eigenvalue weighted by atomic mass is 15.1. The van der Waals surface area contributed by atoms with Gasteiger partial charge < -0.3 is 0 Å². The predicted octanol–water partition coefficient (Wildman–Crippen LogP) is 13.9. The summed E-state index contributed by atoms with van der Waals surface area (Å²) < 4.78 is 4.43. The van der Waals surface area contributed by atoms with E-state index in [1.807, 2.05) is 81.1 Å². The standard InChI is InChI=1S/C49H31N7.C8H13N/c1-3-14-36(40-16-5-7-26-50-40)34(12-1)32-22-24-42-38(30-32)48-44(18-10-28-52-48)55(42)46-20-9-21-47(54-46)56-43-25-23-33(31-39(43)49-45(56)19-11-29-53-49)35-13-2-4-15-37(35)41-17-6-8-27-51-41;1-5-7(3)8(4)9-6-2/h1-31H;5-7H,1,4H2,2-3H3. The zero-order valence-electron chi connectivity index (χ0n) is 36.1. The van der Waals surface area contributed by atoms with E-state index in [1.54, 1.807) is 6.21 Å². The Balaban J connectivity index is 0.000000503. The van der Waals surface area contributed by atoms with Crippen molar-refractivity contribution in [1.82, 2.24) is 34.1 Å². The van der Waals surface area contributed by atoms with Gasteiger partial charge in [-0.05, 0) is 114 Å². The molecule has 0 spiro atoms. The van der Waals surface area contributed by atoms with Crippen molar-refractivity contribution in [2.45, 2.75) is 13.8 Å². The first-order valence-corrected chi connectivity index (χ1v) is 21.6. The Labute approximate surface area is 377 Å². The number of nitrogens with zero attached hydrogens (tertiary/aromatic N) is 8. The molecule has 11 aromatic rings. The maximum Gasteiger partial charge on any atom is 0.140 e. The summed E-state index contributed by atoms with van der Waals surface area (Å²) in [5.41, 5.74) is 15.2. The Kier molecular flexibility index (Phi) is 11.0. The second-order valence-electron chi connectivity index (χ2n) is 15.7. The van der Waals surface area contributed by atoms with Crippen LogP contribution in [-0.4, -0.2) is 40.3 Å². The van der Waals surface area contributed by atoms with Crippen LogP contribution in [0.25, 0.3) is 100 Å². The molecule has 7 heterocycles. The van der Waals surface area contributed by atoms with Crippen LogP contribution < -0.4 is 0 Å². The number of fused-ring (bicyclic) bond motifs is 6. The van der Waals surface area contributed by atoms with E-state index in [1.165, 1.54) is 0 Å². The van der Waals surface area contributed by atoms with Crippen molar-refractivity contribution >= 4 is 50.1 Å². The van der Waals surface area contributed by atoms with Crippen LogP contribution in [-0.2, 0) is 0 Å². The van der Waals surface area contributed by atoms with Gasteiger partial charge in [-0.15, -0.1) is 6.58 Å². The number of hydrogen-bond donors (Lipinski definition) is 0. The number of rotatable bonds is 9. The highest BCUT2D eigenvalue weighted by molar-refractivity contribution is 6.10. The number of pyridine rings is 5. The molecule has 1 atom stereocenters. The van der Waals surface area contributed by atoms with E-state index < -0.39 is 0 Å². The number of benzene rings is 4. The first-order valence-electron chi connectivity index (χ1n) is 21.6. The topological polar surface area (TPSA) is 86.7 Å². The average Bonchev–Trinajstić information content (AvgIpc) is 3.89. The monoisotopic (exact) mass is 840 g/mol. The van der Waals surface area contributed by atoms with Crippen molar-refractivity contribution < 1.29 is 0 Å². The van der Waals surface area contributed by atoms with Gasteiger partial charge in [0.05, 0.1) is 44.5 Å². The average molecular weight is 841 g/mol. The van der Waals surface area contributed by atoms with Gasteiger partial charge >= 0.3 is 0 Å². The summed E-state index contributed by atoms with van der Waals surface area (Å²) in [6.07, 6.45) is 11.0. The molecule has 65 heavy (non-hydrogen) atoms. The van der Waals surface area contributed by atoms with Gasteiger partial charge in [0.15, 0.2) is 0 Å². The fourth-order valence-electron chi connectivity index (χ4n) is 8.54. The fraction of sp³-hybridized carbons (Fsp3) is 0.0526. The van der Waals surface area contributed by atoms with Crippen LogP contribution in [0.5, 0.6) is 0 Å². The molecule has 4 aromatic carbocycles. The summed E-state index contributed by atoms with van der Waals surface area (Å²) >= 11 is 0. The highest BCUT2D eigenvalue weighted by Gasteiger charge is 2.20. The molecule has 0 radical (unpaired) electrons. The summed E-state index contributed by atoms with van der Waals surface area (Å²) in [5, 5.41) is 2.11. The third-order valence-electron chi connectivity index (χ3n) is 11.7. The van der Waals surface area contributed by atoms with E-state index in [0.717, 1.165) is 106 Å². The van der Waals surface area contributed by atoms with Crippen LogP contribution in [0, 0.1) is 5.92 Å². The van der Waals surface area contributed by atoms with E-state index in [2.05, 4.69) is 165 Å². The Morgan fingerprint density at radius 2 is 0.969 bits per heavy atom. The number of hydrogen-bond acceptors (Lipinski definition) is 6. The van der Waals surface area contributed by atoms with Gasteiger partial charge in [0.1, 0.15) is 11.6 Å². The quantitative estimate of drug-likeness (QED) is 0.107. The second kappa shape index (κ2) is 17.6. The van der Waals surface area contributed by atoms with E-state index in [9.17, 15) is 0 Å². The summed E-state index contributed by atoms with van der Waals surface area (Å²) in [4.78, 5) is 28.5. The SMILES string of the molecule is C=CC(C)C(=C)N=CC.c1ccc(-c2ccccc2-c2ccc3c(c2)c2ncccc2n3-c2cccc(-n3c4ccc(-c5ccccc5-c5ccccn5)cc4c4ncccc43)n2)nc1. The largest absolute Gasteiger partial charge is 0.292 e. The molecule has 0 saturated carbocycles. The molecule has 8 heteroatoms. The molecule has 0 N–H and O–H groups in total. The van der Waals surface area contributed by atoms with Crippen LogP contribution in [0.3, 0.4) is 0 Å². The molecule has 11 rings (SSSR count). The third kappa shape index (κ3) is 7.57. The molecule has 0 aliphatic heterocycles. The molecule has 312 valence electrons. The number of aliphatic imine (C=N–C) groups is 1. The zero-order valence-corrected chi connectivity index (χ0v) is 36.1. The lowest BCUT2D eigenvalue weighted by molar-refractivity contribution is 0.857. The van der Waals surface area contributed by atoms with Crippen molar-refractivity contribution in [1.29, 1.82) is 0 Å². The van der Waals surface area contributed by atoms with Gasteiger partial charge in [0.2, 0.25) is 0 Å². The summed E-state index contributed by atoms with van der Waals surface area (Å²) in [6.45, 7) is 11.3. The van der Waals surface area contributed by atoms with Crippen molar-refractivity contribution in [2.75, 3.05) is 0 Å². The van der Waals surface area contributed by atoms with Crippen LogP contribution in [0.2, 0.25) is 0 Å². The normalized spacial score (nSPS) is 11.8. The molecule has 0 fully saturated rings. The van der Waals surface area contributed by atoms with E-state index in [0.29, 0.717) is 5.92 Å². The molecule has 0 bridgehead atoms. The number of aromatic nitrogens is 7. The van der Waals surface area contributed by atoms with Gasteiger partial charge in [0, 0.05) is 64.5 Å². The molecular formula is C57H44N8. The van der Waals surface area contributed by atoms with Crippen LogP contribution in [0.15, 0.2) is 219 Å². The van der Waals surface area contributed by atoms with Crippen molar-refractivity contribution in [2.24, 2.45) is 10.9 Å². The Morgan fingerprint density at radius 1 is 0.508 bits per heavy atom. The maximum atomic E-state index is 5.38. The molecule has 0 aliphatic rings. The predicted molar refractivity (Wildman–Crippen MR) is 269 cm³/mol. The van der Waals surface area contributed by atoms with Gasteiger partial charge in [-0.1, -0.05) is 98.4 Å². The molecular weight excluding hydrogens is 797 g/mol. The molecule has 0 saturated heterocycles. The Hall–Kier alpha value is -8.62. The maximum absolute atomic E-state index is 5.38. The summed E-state index contributed by atoms with van der Waals surface area (Å²) in [5.74, 6) is 1.90. The fourth-order valence-corrected chi connectivity index (χ4v) is 8.54. The van der Waals surface area contributed by atoms with E-state index in [4.69, 9.17) is 15.0 Å². The summed E-state index contributed by atoms with van der Waals surface area (Å²) in [6, 6.07) is 56.6. The van der Waals surface area contributed by atoms with Gasteiger partial charge in [0.25, 0.3) is 0 Å².